The fourth-order valence-electron chi connectivity index (χ4n) is 1.06. The lowest BCUT2D eigenvalue weighted by Crippen LogP contribution is -2.11. The molecule has 1 aromatic carbocycles. The quantitative estimate of drug-likeness (QED) is 0.646. The predicted octanol–water partition coefficient (Wildman–Crippen LogP) is 2.05. The zero-order valence-corrected chi connectivity index (χ0v) is 9.45. The maximum absolute atomic E-state index is 8.85. The van der Waals surface area contributed by atoms with Crippen LogP contribution in [0.5, 0.6) is 0 Å². The van der Waals surface area contributed by atoms with Crippen LogP contribution in [0.4, 0.5) is 0 Å². The van der Waals surface area contributed by atoms with E-state index in [0.717, 1.165) is 16.4 Å². The largest absolute Gasteiger partial charge is 0.372 e. The Bertz CT molecular complexity index is 420. The van der Waals surface area contributed by atoms with Crippen molar-refractivity contribution in [3.05, 3.63) is 33.8 Å². The standard InChI is InChI=1S/C10H9BrN4/c11-10-2-1-8(4-12)9(3-10)5-14-7-15-6-13/h1-3,6-7H,5H2,(H2,13,14,15). The summed E-state index contributed by atoms with van der Waals surface area (Å²) in [4.78, 5) is 3.58. The Hall–Kier alpha value is -1.67. The number of nitrogens with one attached hydrogen (secondary N) is 2. The molecule has 0 fully saturated rings. The number of hydrogen-bond donors (Lipinski definition) is 2. The summed E-state index contributed by atoms with van der Waals surface area (Å²) >= 11 is 3.34. The molecule has 1 rings (SSSR count). The Labute approximate surface area is 96.3 Å². The normalized spacial score (nSPS) is 9.87. The van der Waals surface area contributed by atoms with Crippen LogP contribution in [0.1, 0.15) is 11.1 Å². The van der Waals surface area contributed by atoms with Gasteiger partial charge in [0.05, 0.1) is 18.0 Å². The Balaban J connectivity index is 2.75. The van der Waals surface area contributed by atoms with Gasteiger partial charge in [-0.3, -0.25) is 5.41 Å². The predicted molar refractivity (Wildman–Crippen MR) is 63.0 cm³/mol. The van der Waals surface area contributed by atoms with Gasteiger partial charge in [0.1, 0.15) is 6.34 Å². The highest BCUT2D eigenvalue weighted by Gasteiger charge is 2.01. The van der Waals surface area contributed by atoms with E-state index in [2.05, 4.69) is 32.3 Å². The van der Waals surface area contributed by atoms with Crippen molar-refractivity contribution in [3.8, 4) is 6.07 Å². The van der Waals surface area contributed by atoms with E-state index in [0.29, 0.717) is 12.1 Å². The summed E-state index contributed by atoms with van der Waals surface area (Å²) in [5.74, 6) is 0. The summed E-state index contributed by atoms with van der Waals surface area (Å²) in [6, 6.07) is 7.58. The van der Waals surface area contributed by atoms with E-state index in [4.69, 9.17) is 10.7 Å². The fourth-order valence-corrected chi connectivity index (χ4v) is 1.47. The molecule has 0 saturated carbocycles. The monoisotopic (exact) mass is 264 g/mol. The molecule has 4 nitrogen and oxygen atoms in total. The summed E-state index contributed by atoms with van der Waals surface area (Å²) in [6.07, 6.45) is 2.37. The van der Waals surface area contributed by atoms with Crippen molar-refractivity contribution in [2.75, 3.05) is 0 Å². The van der Waals surface area contributed by atoms with Crippen LogP contribution < -0.4 is 5.32 Å². The third kappa shape index (κ3) is 3.52. The van der Waals surface area contributed by atoms with Crippen molar-refractivity contribution in [2.45, 2.75) is 6.54 Å². The number of halogens is 1. The lowest BCUT2D eigenvalue weighted by atomic mass is 10.1. The van der Waals surface area contributed by atoms with Crippen molar-refractivity contribution >= 4 is 28.6 Å². The number of aliphatic imine (C=N–C) groups is 1. The van der Waals surface area contributed by atoms with E-state index in [9.17, 15) is 0 Å². The first-order valence-electron chi connectivity index (χ1n) is 4.20. The Morgan fingerprint density at radius 1 is 1.60 bits per heavy atom. The van der Waals surface area contributed by atoms with E-state index in [-0.39, 0.29) is 0 Å². The van der Waals surface area contributed by atoms with Gasteiger partial charge < -0.3 is 5.32 Å². The van der Waals surface area contributed by atoms with Crippen LogP contribution in [0.2, 0.25) is 0 Å². The minimum absolute atomic E-state index is 0.514. The maximum Gasteiger partial charge on any atom is 0.108 e. The van der Waals surface area contributed by atoms with Crippen LogP contribution >= 0.6 is 15.9 Å². The highest BCUT2D eigenvalue weighted by molar-refractivity contribution is 9.10. The van der Waals surface area contributed by atoms with E-state index >= 15 is 0 Å². The summed E-state index contributed by atoms with van der Waals surface area (Å²) in [7, 11) is 0. The Kier molecular flexibility index (Phi) is 4.51. The Morgan fingerprint density at radius 2 is 2.40 bits per heavy atom. The average Bonchev–Trinajstić information content (AvgIpc) is 2.25. The molecular weight excluding hydrogens is 256 g/mol. The molecule has 0 atom stereocenters. The molecule has 2 N–H and O–H groups in total. The van der Waals surface area contributed by atoms with Crippen LogP contribution in [0.15, 0.2) is 27.7 Å². The maximum atomic E-state index is 8.85. The fraction of sp³-hybridized carbons (Fsp3) is 0.100. The van der Waals surface area contributed by atoms with Crippen LogP contribution in [0.25, 0.3) is 0 Å². The molecule has 0 saturated heterocycles. The Morgan fingerprint density at radius 3 is 3.07 bits per heavy atom. The van der Waals surface area contributed by atoms with E-state index < -0.39 is 0 Å². The van der Waals surface area contributed by atoms with Crippen LogP contribution in [-0.4, -0.2) is 12.7 Å². The lowest BCUT2D eigenvalue weighted by molar-refractivity contribution is 0.929. The van der Waals surface area contributed by atoms with Gasteiger partial charge in [-0.2, -0.15) is 5.26 Å². The SMILES string of the molecule is N#Cc1ccc(Br)cc1CN/C=N\C=N. The van der Waals surface area contributed by atoms with Gasteiger partial charge in [-0.25, -0.2) is 4.99 Å². The zero-order chi connectivity index (χ0) is 11.1. The first-order valence-corrected chi connectivity index (χ1v) is 4.99. The number of hydrogen-bond acceptors (Lipinski definition) is 2. The second kappa shape index (κ2) is 5.94. The molecular formula is C10H9BrN4. The molecule has 15 heavy (non-hydrogen) atoms. The lowest BCUT2D eigenvalue weighted by Gasteiger charge is -2.03. The molecule has 0 bridgehead atoms. The third-order valence-electron chi connectivity index (χ3n) is 1.72. The topological polar surface area (TPSA) is 72.0 Å². The van der Waals surface area contributed by atoms with Gasteiger partial charge in [-0.15, -0.1) is 0 Å². The molecule has 0 aliphatic rings. The molecule has 0 aliphatic heterocycles. The van der Waals surface area contributed by atoms with Crippen molar-refractivity contribution in [3.63, 3.8) is 0 Å². The molecule has 5 heteroatoms. The van der Waals surface area contributed by atoms with Crippen LogP contribution in [0, 0.1) is 16.7 Å². The molecule has 1 aromatic rings. The minimum atomic E-state index is 0.514. The molecule has 0 heterocycles. The molecule has 0 amide bonds. The van der Waals surface area contributed by atoms with Gasteiger partial charge in [-0.1, -0.05) is 15.9 Å². The second-order valence-electron chi connectivity index (χ2n) is 2.70. The minimum Gasteiger partial charge on any atom is -0.372 e. The number of benzene rings is 1. The molecule has 0 unspecified atom stereocenters. The molecule has 76 valence electrons. The van der Waals surface area contributed by atoms with Gasteiger partial charge in [0.2, 0.25) is 0 Å². The molecule has 0 aromatic heterocycles. The van der Waals surface area contributed by atoms with Crippen molar-refractivity contribution in [1.29, 1.82) is 10.7 Å². The van der Waals surface area contributed by atoms with Crippen molar-refractivity contribution in [2.24, 2.45) is 4.99 Å². The highest BCUT2D eigenvalue weighted by atomic mass is 79.9. The highest BCUT2D eigenvalue weighted by Crippen LogP contribution is 2.15. The van der Waals surface area contributed by atoms with Gasteiger partial charge in [-0.05, 0) is 23.8 Å². The summed E-state index contributed by atoms with van der Waals surface area (Å²) < 4.78 is 0.933. The van der Waals surface area contributed by atoms with Crippen molar-refractivity contribution < 1.29 is 0 Å². The summed E-state index contributed by atoms with van der Waals surface area (Å²) in [6.45, 7) is 0.514. The van der Waals surface area contributed by atoms with Gasteiger partial charge in [0, 0.05) is 11.0 Å². The third-order valence-corrected chi connectivity index (χ3v) is 2.21. The van der Waals surface area contributed by atoms with Gasteiger partial charge >= 0.3 is 0 Å². The molecule has 0 aliphatic carbocycles. The van der Waals surface area contributed by atoms with E-state index in [1.165, 1.54) is 6.34 Å². The number of nitriles is 1. The summed E-state index contributed by atoms with van der Waals surface area (Å²) in [5, 5.41) is 18.4. The molecule has 0 radical (unpaired) electrons. The smallest absolute Gasteiger partial charge is 0.108 e. The zero-order valence-electron chi connectivity index (χ0n) is 7.87. The van der Waals surface area contributed by atoms with E-state index in [1.807, 2.05) is 12.1 Å². The number of rotatable bonds is 4. The second-order valence-corrected chi connectivity index (χ2v) is 3.62. The molecule has 0 spiro atoms. The van der Waals surface area contributed by atoms with Gasteiger partial charge in [0.25, 0.3) is 0 Å². The number of nitrogens with zero attached hydrogens (tertiary/aromatic N) is 2. The van der Waals surface area contributed by atoms with Crippen LogP contribution in [-0.2, 0) is 6.54 Å². The average molecular weight is 265 g/mol. The summed E-state index contributed by atoms with van der Waals surface area (Å²) in [5.41, 5.74) is 1.53. The first kappa shape index (κ1) is 11.4. The van der Waals surface area contributed by atoms with Gasteiger partial charge in [0.15, 0.2) is 0 Å². The van der Waals surface area contributed by atoms with Crippen LogP contribution in [0.3, 0.4) is 0 Å². The van der Waals surface area contributed by atoms with E-state index in [1.54, 1.807) is 6.07 Å². The van der Waals surface area contributed by atoms with Crippen molar-refractivity contribution in [1.82, 2.24) is 5.32 Å². The first-order chi connectivity index (χ1) is 7.27.